The van der Waals surface area contributed by atoms with Gasteiger partial charge in [-0.2, -0.15) is 0 Å². The molecular formula is C36H49FN4O5. The van der Waals surface area contributed by atoms with Gasteiger partial charge in [-0.1, -0.05) is 39.8 Å². The molecule has 0 saturated carbocycles. The fraction of sp³-hybridized carbons (Fsp3) is 0.417. The summed E-state index contributed by atoms with van der Waals surface area (Å²) in [7, 11) is 0. The molecule has 46 heavy (non-hydrogen) atoms. The number of likely N-dealkylation sites (tertiary alicyclic amines) is 1. The maximum atomic E-state index is 13.8. The summed E-state index contributed by atoms with van der Waals surface area (Å²) in [5, 5.41) is 11.9. The molecule has 1 atom stereocenters. The third-order valence-electron chi connectivity index (χ3n) is 6.74. The number of amides is 1. The number of pyridine rings is 1. The monoisotopic (exact) mass is 636 g/mol. The molecule has 1 amide bonds. The molecule has 10 heteroatoms. The number of aliphatic carboxylic acids is 1. The van der Waals surface area contributed by atoms with Gasteiger partial charge < -0.3 is 30.5 Å². The molecule has 4 N–H and O–H groups in total. The van der Waals surface area contributed by atoms with Crippen molar-refractivity contribution in [1.82, 2.24) is 9.88 Å². The van der Waals surface area contributed by atoms with Crippen LogP contribution in [0.2, 0.25) is 0 Å². The number of fused-ring (bicyclic) bond motifs is 1. The van der Waals surface area contributed by atoms with Crippen molar-refractivity contribution in [2.45, 2.75) is 80.0 Å². The summed E-state index contributed by atoms with van der Waals surface area (Å²) in [6, 6.07) is 11.6. The number of carbonyl (C=O) groups is 2. The standard InChI is InChI=1S/C22H25FN2O4.C8H10N2O.2C2H6.C2H2/c1-14-12-15(2-4-18(14)22(28)25-9-6-17(24)7-10-25)19-13-16(23)3-5-20(19)29-11-8-21(26)27;1-5-3-7-8(9-4-5)11-6(2)10-7;3*1-2/h2-5,12-13,17H,6-11,24H2,1H3,(H,26,27);3-4,6,10H,1-2H3;2*1-2H3;1-2H. The third-order valence-corrected chi connectivity index (χ3v) is 6.74. The lowest BCUT2D eigenvalue weighted by molar-refractivity contribution is -0.137. The van der Waals surface area contributed by atoms with Gasteiger partial charge in [0.05, 0.1) is 13.0 Å². The molecule has 9 nitrogen and oxygen atoms in total. The number of hydrogen-bond acceptors (Lipinski definition) is 7. The van der Waals surface area contributed by atoms with Crippen molar-refractivity contribution in [1.29, 1.82) is 0 Å². The summed E-state index contributed by atoms with van der Waals surface area (Å²) in [5.41, 5.74) is 10.7. The molecule has 3 heterocycles. The number of carboxylic acid groups (broad SMARTS) is 1. The molecule has 0 spiro atoms. The smallest absolute Gasteiger partial charge is 0.306 e. The molecule has 2 aromatic carbocycles. The number of halogens is 1. The summed E-state index contributed by atoms with van der Waals surface area (Å²) >= 11 is 0. The quantitative estimate of drug-likeness (QED) is 0.246. The van der Waals surface area contributed by atoms with E-state index < -0.39 is 11.8 Å². The number of carbonyl (C=O) groups excluding carboxylic acids is 1. The minimum atomic E-state index is -0.967. The van der Waals surface area contributed by atoms with Crippen LogP contribution in [0.25, 0.3) is 11.1 Å². The second kappa shape index (κ2) is 20.4. The zero-order valence-corrected chi connectivity index (χ0v) is 28.1. The number of anilines is 1. The lowest BCUT2D eigenvalue weighted by Gasteiger charge is -2.30. The molecule has 2 aliphatic heterocycles. The van der Waals surface area contributed by atoms with E-state index in [1.807, 2.05) is 65.5 Å². The number of nitrogens with zero attached hydrogens (tertiary/aromatic N) is 2. The van der Waals surface area contributed by atoms with E-state index in [-0.39, 0.29) is 31.2 Å². The number of benzene rings is 2. The first-order valence-electron chi connectivity index (χ1n) is 15.6. The highest BCUT2D eigenvalue weighted by molar-refractivity contribution is 5.96. The van der Waals surface area contributed by atoms with Crippen LogP contribution >= 0.6 is 0 Å². The van der Waals surface area contributed by atoms with Gasteiger partial charge in [0.2, 0.25) is 5.88 Å². The highest BCUT2D eigenvalue weighted by Crippen LogP contribution is 2.33. The number of aryl methyl sites for hydroxylation is 2. The molecular weight excluding hydrogens is 587 g/mol. The van der Waals surface area contributed by atoms with Crippen molar-refractivity contribution in [2.75, 3.05) is 25.0 Å². The van der Waals surface area contributed by atoms with Crippen LogP contribution in [0, 0.1) is 32.5 Å². The molecule has 5 rings (SSSR count). The van der Waals surface area contributed by atoms with Crippen LogP contribution in [-0.4, -0.2) is 58.8 Å². The van der Waals surface area contributed by atoms with E-state index in [2.05, 4.69) is 23.1 Å². The molecule has 0 radical (unpaired) electrons. The zero-order chi connectivity index (χ0) is 34.8. The van der Waals surface area contributed by atoms with Crippen LogP contribution in [0.4, 0.5) is 10.1 Å². The van der Waals surface area contributed by atoms with Gasteiger partial charge in [0.15, 0.2) is 6.23 Å². The first-order valence-corrected chi connectivity index (χ1v) is 15.6. The molecule has 3 aromatic rings. The minimum absolute atomic E-state index is 0.0133. The Morgan fingerprint density at radius 2 is 1.74 bits per heavy atom. The highest BCUT2D eigenvalue weighted by atomic mass is 19.1. The van der Waals surface area contributed by atoms with Crippen LogP contribution < -0.4 is 20.5 Å². The van der Waals surface area contributed by atoms with Gasteiger partial charge in [0.25, 0.3) is 5.91 Å². The average molecular weight is 637 g/mol. The second-order valence-corrected chi connectivity index (χ2v) is 10.1. The Morgan fingerprint density at radius 3 is 2.35 bits per heavy atom. The normalized spacial score (nSPS) is 14.4. The van der Waals surface area contributed by atoms with Crippen molar-refractivity contribution in [3.05, 3.63) is 71.2 Å². The Hall–Kier alpha value is -4.62. The van der Waals surface area contributed by atoms with Crippen LogP contribution in [0.3, 0.4) is 0 Å². The fourth-order valence-corrected chi connectivity index (χ4v) is 4.62. The van der Waals surface area contributed by atoms with Gasteiger partial charge in [0, 0.05) is 36.5 Å². The third kappa shape index (κ3) is 11.7. The first-order chi connectivity index (χ1) is 22.1. The Bertz CT molecular complexity index is 1420. The lowest BCUT2D eigenvalue weighted by atomic mass is 9.97. The van der Waals surface area contributed by atoms with Crippen LogP contribution in [0.1, 0.15) is 75.4 Å². The summed E-state index contributed by atoms with van der Waals surface area (Å²) < 4.78 is 24.7. The molecule has 1 aromatic heterocycles. The first kappa shape index (κ1) is 39.4. The number of ether oxygens (including phenoxy) is 2. The summed E-state index contributed by atoms with van der Waals surface area (Å²) in [6.07, 6.45) is 11.3. The van der Waals surface area contributed by atoms with E-state index in [4.69, 9.17) is 20.3 Å². The second-order valence-electron chi connectivity index (χ2n) is 10.1. The summed E-state index contributed by atoms with van der Waals surface area (Å²) in [6.45, 7) is 15.1. The topological polar surface area (TPSA) is 127 Å². The molecule has 1 saturated heterocycles. The van der Waals surface area contributed by atoms with Crippen molar-refractivity contribution in [2.24, 2.45) is 5.73 Å². The van der Waals surface area contributed by atoms with Gasteiger partial charge in [-0.25, -0.2) is 9.37 Å². The number of terminal acetylenes is 1. The van der Waals surface area contributed by atoms with E-state index in [1.54, 1.807) is 18.3 Å². The number of nitrogens with one attached hydrogen (secondary N) is 1. The number of rotatable bonds is 6. The van der Waals surface area contributed by atoms with Gasteiger partial charge in [-0.15, -0.1) is 12.8 Å². The molecule has 0 aliphatic carbocycles. The van der Waals surface area contributed by atoms with E-state index in [1.165, 1.54) is 18.2 Å². The number of hydrogen-bond donors (Lipinski definition) is 3. The van der Waals surface area contributed by atoms with Crippen molar-refractivity contribution in [3.8, 4) is 35.6 Å². The molecule has 1 fully saturated rings. The maximum Gasteiger partial charge on any atom is 0.306 e. The average Bonchev–Trinajstić information content (AvgIpc) is 3.44. The molecule has 2 aliphatic rings. The largest absolute Gasteiger partial charge is 0.492 e. The predicted molar refractivity (Wildman–Crippen MR) is 183 cm³/mol. The van der Waals surface area contributed by atoms with Gasteiger partial charge in [-0.05, 0) is 80.6 Å². The molecule has 1 unspecified atom stereocenters. The van der Waals surface area contributed by atoms with E-state index in [0.717, 1.165) is 29.7 Å². The number of carboxylic acids is 1. The number of piperidine rings is 1. The van der Waals surface area contributed by atoms with Gasteiger partial charge >= 0.3 is 5.97 Å². The van der Waals surface area contributed by atoms with Crippen LogP contribution in [0.5, 0.6) is 11.6 Å². The van der Waals surface area contributed by atoms with Gasteiger partial charge in [0.1, 0.15) is 17.3 Å². The minimum Gasteiger partial charge on any atom is -0.492 e. The van der Waals surface area contributed by atoms with E-state index in [9.17, 15) is 14.0 Å². The van der Waals surface area contributed by atoms with Crippen LogP contribution in [-0.2, 0) is 4.79 Å². The predicted octanol–water partition coefficient (Wildman–Crippen LogP) is 7.06. The lowest BCUT2D eigenvalue weighted by Crippen LogP contribution is -2.43. The zero-order valence-electron chi connectivity index (χ0n) is 28.1. The molecule has 0 bridgehead atoms. The number of aromatic nitrogens is 1. The SMILES string of the molecule is C#C.CC.CC.Cc1cc(-c2cc(F)ccc2OCCC(=O)O)ccc1C(=O)N1CCC(N)CC1.Cc1cnc2c(c1)NC(C)O2. The Balaban J connectivity index is 0.000000514. The van der Waals surface area contributed by atoms with Crippen molar-refractivity contribution >= 4 is 17.6 Å². The number of nitrogens with two attached hydrogens (primary N) is 1. The van der Waals surface area contributed by atoms with E-state index >= 15 is 0 Å². The summed E-state index contributed by atoms with van der Waals surface area (Å²) in [4.78, 5) is 29.5. The Kier molecular flexibility index (Phi) is 17.5. The highest BCUT2D eigenvalue weighted by Gasteiger charge is 2.23. The van der Waals surface area contributed by atoms with Crippen LogP contribution in [0.15, 0.2) is 48.7 Å². The maximum absolute atomic E-state index is 13.8. The Labute approximate surface area is 273 Å². The van der Waals surface area contributed by atoms with Crippen molar-refractivity contribution in [3.63, 3.8) is 0 Å². The fourth-order valence-electron chi connectivity index (χ4n) is 4.62. The van der Waals surface area contributed by atoms with Crippen molar-refractivity contribution < 1.29 is 28.6 Å². The molecule has 250 valence electrons. The Morgan fingerprint density at radius 1 is 1.09 bits per heavy atom. The van der Waals surface area contributed by atoms with E-state index in [0.29, 0.717) is 41.4 Å². The summed E-state index contributed by atoms with van der Waals surface area (Å²) in [5.74, 6) is -0.309. The van der Waals surface area contributed by atoms with Gasteiger partial charge in [-0.3, -0.25) is 9.59 Å².